The molecule has 25 heavy (non-hydrogen) atoms. The lowest BCUT2D eigenvalue weighted by molar-refractivity contribution is -0.0478. The fourth-order valence-electron chi connectivity index (χ4n) is 3.41. The minimum atomic E-state index is -0.803. The molecule has 1 amide bonds. The second kappa shape index (κ2) is 7.33. The highest BCUT2D eigenvalue weighted by molar-refractivity contribution is 5.94. The molecule has 1 aromatic heterocycles. The lowest BCUT2D eigenvalue weighted by Crippen LogP contribution is -2.50. The molecule has 1 aromatic carbocycles. The summed E-state index contributed by atoms with van der Waals surface area (Å²) in [4.78, 5) is 15.9. The summed E-state index contributed by atoms with van der Waals surface area (Å²) in [6, 6.07) is 7.71. The normalized spacial score (nSPS) is 21.2. The van der Waals surface area contributed by atoms with E-state index < -0.39 is 5.60 Å². The van der Waals surface area contributed by atoms with Gasteiger partial charge in [0.15, 0.2) is 0 Å². The Morgan fingerprint density at radius 2 is 2.24 bits per heavy atom. The molecular formula is C18H25N5O2. The third-order valence-corrected chi connectivity index (χ3v) is 4.55. The van der Waals surface area contributed by atoms with Crippen molar-refractivity contribution in [2.75, 3.05) is 27.2 Å². The Kier molecular flexibility index (Phi) is 5.15. The van der Waals surface area contributed by atoms with E-state index in [9.17, 15) is 9.90 Å². The average Bonchev–Trinajstić information content (AvgIpc) is 3.06. The molecule has 1 aliphatic rings. The van der Waals surface area contributed by atoms with Gasteiger partial charge in [-0.05, 0) is 37.1 Å². The van der Waals surface area contributed by atoms with Gasteiger partial charge in [-0.2, -0.15) is 0 Å². The molecule has 2 heterocycles. The zero-order valence-corrected chi connectivity index (χ0v) is 14.8. The van der Waals surface area contributed by atoms with Crippen LogP contribution in [0.25, 0.3) is 0 Å². The summed E-state index contributed by atoms with van der Waals surface area (Å²) in [5.74, 6) is 0.00295. The summed E-state index contributed by atoms with van der Waals surface area (Å²) in [5, 5.41) is 18.7. The van der Waals surface area contributed by atoms with Gasteiger partial charge in [-0.3, -0.25) is 9.69 Å². The van der Waals surface area contributed by atoms with Crippen LogP contribution in [0.3, 0.4) is 0 Å². The standard InChI is InChI=1S/C18H25N5O2/c1-21(2)17(24)16-6-3-5-15(11-16)12-22-9-4-7-18(25,13-22)14-23-10-8-19-20-23/h3,5-6,8,10-11,25H,4,7,9,12-14H2,1-2H3. The lowest BCUT2D eigenvalue weighted by Gasteiger charge is -2.39. The summed E-state index contributed by atoms with van der Waals surface area (Å²) in [6.45, 7) is 2.68. The number of β-amino-alcohol motifs (C(OH)–C–C–N with tert-alkyl or cyclic N) is 1. The molecule has 1 fully saturated rings. The first-order valence-corrected chi connectivity index (χ1v) is 8.55. The molecule has 3 rings (SSSR count). The van der Waals surface area contributed by atoms with Gasteiger partial charge in [0.05, 0.1) is 18.3 Å². The van der Waals surface area contributed by atoms with Gasteiger partial charge in [0.25, 0.3) is 5.91 Å². The van der Waals surface area contributed by atoms with Gasteiger partial charge >= 0.3 is 0 Å². The first-order valence-electron chi connectivity index (χ1n) is 8.55. The number of rotatable bonds is 5. The van der Waals surface area contributed by atoms with E-state index in [2.05, 4.69) is 15.2 Å². The number of hydrogen-bond acceptors (Lipinski definition) is 5. The van der Waals surface area contributed by atoms with Crippen molar-refractivity contribution in [3.63, 3.8) is 0 Å². The molecule has 1 N–H and O–H groups in total. The van der Waals surface area contributed by atoms with Crippen LogP contribution in [0.2, 0.25) is 0 Å². The molecule has 0 radical (unpaired) electrons. The van der Waals surface area contributed by atoms with Gasteiger partial charge in [-0.15, -0.1) is 5.10 Å². The minimum Gasteiger partial charge on any atom is -0.387 e. The number of carbonyl (C=O) groups is 1. The van der Waals surface area contributed by atoms with Crippen molar-refractivity contribution in [1.82, 2.24) is 24.8 Å². The van der Waals surface area contributed by atoms with Crippen LogP contribution in [0.4, 0.5) is 0 Å². The number of benzene rings is 1. The van der Waals surface area contributed by atoms with E-state index in [4.69, 9.17) is 0 Å². The molecule has 0 saturated carbocycles. The van der Waals surface area contributed by atoms with Crippen LogP contribution in [0.1, 0.15) is 28.8 Å². The molecule has 0 aliphatic carbocycles. The summed E-state index contributed by atoms with van der Waals surface area (Å²) in [6.07, 6.45) is 5.08. The van der Waals surface area contributed by atoms with E-state index in [1.165, 1.54) is 0 Å². The zero-order chi connectivity index (χ0) is 17.9. The number of piperidine rings is 1. The van der Waals surface area contributed by atoms with Crippen molar-refractivity contribution >= 4 is 5.91 Å². The second-order valence-corrected chi connectivity index (χ2v) is 7.04. The summed E-state index contributed by atoms with van der Waals surface area (Å²) >= 11 is 0. The highest BCUT2D eigenvalue weighted by Crippen LogP contribution is 2.24. The second-order valence-electron chi connectivity index (χ2n) is 7.04. The smallest absolute Gasteiger partial charge is 0.253 e. The van der Waals surface area contributed by atoms with Crippen LogP contribution in [0.5, 0.6) is 0 Å². The minimum absolute atomic E-state index is 0.00295. The number of nitrogens with zero attached hydrogens (tertiary/aromatic N) is 5. The fourth-order valence-corrected chi connectivity index (χ4v) is 3.41. The van der Waals surface area contributed by atoms with Crippen molar-refractivity contribution in [3.05, 3.63) is 47.8 Å². The number of hydrogen-bond donors (Lipinski definition) is 1. The van der Waals surface area contributed by atoms with Crippen LogP contribution in [0.15, 0.2) is 36.7 Å². The van der Waals surface area contributed by atoms with Crippen molar-refractivity contribution < 1.29 is 9.90 Å². The Morgan fingerprint density at radius 3 is 2.96 bits per heavy atom. The number of aliphatic hydroxyl groups is 1. The molecule has 1 atom stereocenters. The summed E-state index contributed by atoms with van der Waals surface area (Å²) in [5.41, 5.74) is 0.971. The van der Waals surface area contributed by atoms with Crippen LogP contribution in [0, 0.1) is 0 Å². The van der Waals surface area contributed by atoms with Crippen LogP contribution >= 0.6 is 0 Å². The largest absolute Gasteiger partial charge is 0.387 e. The van der Waals surface area contributed by atoms with Crippen molar-refractivity contribution in [3.8, 4) is 0 Å². The van der Waals surface area contributed by atoms with Gasteiger partial charge in [-0.1, -0.05) is 17.3 Å². The topological polar surface area (TPSA) is 74.5 Å². The van der Waals surface area contributed by atoms with Gasteiger partial charge < -0.3 is 10.0 Å². The summed E-state index contributed by atoms with van der Waals surface area (Å²) < 4.78 is 1.68. The van der Waals surface area contributed by atoms with Crippen molar-refractivity contribution in [2.45, 2.75) is 31.5 Å². The summed E-state index contributed by atoms with van der Waals surface area (Å²) in [7, 11) is 3.51. The lowest BCUT2D eigenvalue weighted by atomic mass is 9.92. The molecule has 0 spiro atoms. The number of aromatic nitrogens is 3. The molecule has 7 heteroatoms. The van der Waals surface area contributed by atoms with Crippen molar-refractivity contribution in [2.24, 2.45) is 0 Å². The van der Waals surface area contributed by atoms with E-state index in [0.717, 1.165) is 24.9 Å². The van der Waals surface area contributed by atoms with E-state index in [0.29, 0.717) is 25.2 Å². The quantitative estimate of drug-likeness (QED) is 0.877. The molecule has 1 unspecified atom stereocenters. The Hall–Kier alpha value is -2.25. The third-order valence-electron chi connectivity index (χ3n) is 4.55. The highest BCUT2D eigenvalue weighted by Gasteiger charge is 2.34. The van der Waals surface area contributed by atoms with Crippen LogP contribution in [-0.2, 0) is 13.1 Å². The van der Waals surface area contributed by atoms with Gasteiger partial charge in [0.2, 0.25) is 0 Å². The van der Waals surface area contributed by atoms with Gasteiger partial charge in [0, 0.05) is 38.9 Å². The zero-order valence-electron chi connectivity index (χ0n) is 14.8. The maximum atomic E-state index is 12.1. The SMILES string of the molecule is CN(C)C(=O)c1cccc(CN2CCCC(O)(Cn3ccnn3)C2)c1. The molecular weight excluding hydrogens is 318 g/mol. The van der Waals surface area contributed by atoms with Crippen LogP contribution in [-0.4, -0.2) is 68.6 Å². The predicted octanol–water partition coefficient (Wildman–Crippen LogP) is 1.01. The number of amides is 1. The number of likely N-dealkylation sites (tertiary alicyclic amines) is 1. The van der Waals surface area contributed by atoms with Gasteiger partial charge in [-0.25, -0.2) is 4.68 Å². The van der Waals surface area contributed by atoms with E-state index in [1.54, 1.807) is 36.1 Å². The van der Waals surface area contributed by atoms with E-state index in [-0.39, 0.29) is 5.91 Å². The molecule has 2 aromatic rings. The van der Waals surface area contributed by atoms with E-state index in [1.807, 2.05) is 24.3 Å². The molecule has 7 nitrogen and oxygen atoms in total. The average molecular weight is 343 g/mol. The Bertz CT molecular complexity index is 716. The van der Waals surface area contributed by atoms with Gasteiger partial charge in [0.1, 0.15) is 0 Å². The molecule has 134 valence electrons. The first-order chi connectivity index (χ1) is 12.0. The van der Waals surface area contributed by atoms with Crippen molar-refractivity contribution in [1.29, 1.82) is 0 Å². The van der Waals surface area contributed by atoms with E-state index >= 15 is 0 Å². The number of carbonyl (C=O) groups excluding carboxylic acids is 1. The maximum absolute atomic E-state index is 12.1. The van der Waals surface area contributed by atoms with Crippen LogP contribution < -0.4 is 0 Å². The third kappa shape index (κ3) is 4.43. The predicted molar refractivity (Wildman–Crippen MR) is 93.9 cm³/mol. The fraction of sp³-hybridized carbons (Fsp3) is 0.500. The maximum Gasteiger partial charge on any atom is 0.253 e. The highest BCUT2D eigenvalue weighted by atomic mass is 16.3. The molecule has 1 aliphatic heterocycles. The Balaban J connectivity index is 1.66. The Labute approximate surface area is 147 Å². The first kappa shape index (κ1) is 17.6. The monoisotopic (exact) mass is 343 g/mol. The Morgan fingerprint density at radius 1 is 1.40 bits per heavy atom. The molecule has 0 bridgehead atoms. The molecule has 1 saturated heterocycles.